The zero-order valence-corrected chi connectivity index (χ0v) is 16.0. The number of benzene rings is 2. The number of hydrogen-bond donors (Lipinski definition) is 0. The number of carbonyl (C=O) groups excluding carboxylic acids is 1. The molecule has 0 fully saturated rings. The largest absolute Gasteiger partial charge is 0.493 e. The first-order valence-corrected chi connectivity index (χ1v) is 8.67. The van der Waals surface area contributed by atoms with Crippen LogP contribution >= 0.6 is 0 Å². The molecule has 0 amide bonds. The maximum atomic E-state index is 12.8. The van der Waals surface area contributed by atoms with Gasteiger partial charge in [-0.3, -0.25) is 4.79 Å². The summed E-state index contributed by atoms with van der Waals surface area (Å²) in [4.78, 5) is 16.0. The summed E-state index contributed by atoms with van der Waals surface area (Å²) in [5.74, 6) is 0.379. The fourth-order valence-corrected chi connectivity index (χ4v) is 2.62. The fourth-order valence-electron chi connectivity index (χ4n) is 2.62. The van der Waals surface area contributed by atoms with E-state index in [-0.39, 0.29) is 30.3 Å². The molecule has 2 aromatic carbocycles. The van der Waals surface area contributed by atoms with Gasteiger partial charge in [-0.15, -0.1) is 0 Å². The molecular formula is C20H17F3N2O5. The Bertz CT molecular complexity index is 1030. The molecule has 0 spiro atoms. The van der Waals surface area contributed by atoms with Gasteiger partial charge in [-0.2, -0.15) is 18.2 Å². The maximum absolute atomic E-state index is 12.8. The quantitative estimate of drug-likeness (QED) is 0.531. The number of aromatic nitrogens is 2. The zero-order chi connectivity index (χ0) is 21.7. The number of nitrogens with zero attached hydrogens (tertiary/aromatic N) is 2. The van der Waals surface area contributed by atoms with Gasteiger partial charge in [-0.1, -0.05) is 23.4 Å². The van der Waals surface area contributed by atoms with Crippen LogP contribution in [0.2, 0.25) is 0 Å². The van der Waals surface area contributed by atoms with E-state index in [1.165, 1.54) is 26.4 Å². The summed E-state index contributed by atoms with van der Waals surface area (Å²) >= 11 is 0. The van der Waals surface area contributed by atoms with Crippen molar-refractivity contribution in [3.8, 4) is 22.9 Å². The molecule has 3 rings (SSSR count). The average Bonchev–Trinajstić information content (AvgIpc) is 3.21. The molecule has 0 aliphatic carbocycles. The second-order valence-corrected chi connectivity index (χ2v) is 6.12. The number of hydrogen-bond acceptors (Lipinski definition) is 7. The standard InChI is InChI=1S/C20H17F3N2O5/c1-27-15-7-6-12(8-16(15)28-2)9-18(26)29-11-17-24-19(25-30-17)13-4-3-5-14(10-13)20(21,22)23/h3-8,10H,9,11H2,1-2H3. The lowest BCUT2D eigenvalue weighted by Crippen LogP contribution is -2.08. The third-order valence-corrected chi connectivity index (χ3v) is 4.07. The van der Waals surface area contributed by atoms with E-state index in [0.717, 1.165) is 12.1 Å². The molecule has 158 valence electrons. The maximum Gasteiger partial charge on any atom is 0.416 e. The second-order valence-electron chi connectivity index (χ2n) is 6.12. The molecule has 0 aliphatic rings. The van der Waals surface area contributed by atoms with E-state index < -0.39 is 17.7 Å². The third-order valence-electron chi connectivity index (χ3n) is 4.07. The van der Waals surface area contributed by atoms with Crippen molar-refractivity contribution in [2.75, 3.05) is 14.2 Å². The normalized spacial score (nSPS) is 11.2. The van der Waals surface area contributed by atoms with Crippen LogP contribution in [0.5, 0.6) is 11.5 Å². The van der Waals surface area contributed by atoms with Gasteiger partial charge in [0, 0.05) is 5.56 Å². The Morgan fingerprint density at radius 2 is 1.83 bits per heavy atom. The Morgan fingerprint density at radius 3 is 2.53 bits per heavy atom. The molecule has 3 aromatic rings. The van der Waals surface area contributed by atoms with Gasteiger partial charge in [0.25, 0.3) is 5.89 Å². The molecule has 0 saturated carbocycles. The Labute approximate surface area is 169 Å². The van der Waals surface area contributed by atoms with E-state index in [4.69, 9.17) is 18.7 Å². The Kier molecular flexibility index (Phi) is 6.24. The van der Waals surface area contributed by atoms with Gasteiger partial charge in [-0.25, -0.2) is 0 Å². The molecule has 7 nitrogen and oxygen atoms in total. The molecule has 0 radical (unpaired) electrons. The van der Waals surface area contributed by atoms with Crippen LogP contribution in [-0.4, -0.2) is 30.3 Å². The van der Waals surface area contributed by atoms with Crippen LogP contribution in [0.1, 0.15) is 17.0 Å². The Balaban J connectivity index is 1.61. The lowest BCUT2D eigenvalue weighted by Gasteiger charge is -2.09. The minimum Gasteiger partial charge on any atom is -0.493 e. The van der Waals surface area contributed by atoms with Crippen LogP contribution in [0, 0.1) is 0 Å². The predicted octanol–water partition coefficient (Wildman–Crippen LogP) is 4.06. The van der Waals surface area contributed by atoms with Crippen LogP contribution in [0.3, 0.4) is 0 Å². The highest BCUT2D eigenvalue weighted by Gasteiger charge is 2.30. The van der Waals surface area contributed by atoms with E-state index in [0.29, 0.717) is 17.1 Å². The van der Waals surface area contributed by atoms with Crippen molar-refractivity contribution in [3.63, 3.8) is 0 Å². The number of carbonyl (C=O) groups is 1. The topological polar surface area (TPSA) is 83.7 Å². The van der Waals surface area contributed by atoms with Crippen molar-refractivity contribution < 1.29 is 36.7 Å². The van der Waals surface area contributed by atoms with Gasteiger partial charge >= 0.3 is 12.1 Å². The predicted molar refractivity (Wildman–Crippen MR) is 97.8 cm³/mol. The summed E-state index contributed by atoms with van der Waals surface area (Å²) in [7, 11) is 2.99. The van der Waals surface area contributed by atoms with Crippen molar-refractivity contribution in [2.45, 2.75) is 19.2 Å². The number of methoxy groups -OCH3 is 2. The Morgan fingerprint density at radius 1 is 1.07 bits per heavy atom. The van der Waals surface area contributed by atoms with Gasteiger partial charge in [0.2, 0.25) is 5.82 Å². The van der Waals surface area contributed by atoms with Crippen molar-refractivity contribution in [1.82, 2.24) is 10.1 Å². The molecule has 0 N–H and O–H groups in total. The number of rotatable bonds is 7. The first-order valence-electron chi connectivity index (χ1n) is 8.67. The molecule has 1 aromatic heterocycles. The zero-order valence-electron chi connectivity index (χ0n) is 16.0. The highest BCUT2D eigenvalue weighted by Crippen LogP contribution is 2.31. The van der Waals surface area contributed by atoms with Gasteiger partial charge in [0.15, 0.2) is 18.1 Å². The molecule has 0 bridgehead atoms. The van der Waals surface area contributed by atoms with Crippen molar-refractivity contribution >= 4 is 5.97 Å². The summed E-state index contributed by atoms with van der Waals surface area (Å²) in [5, 5.41) is 3.64. The van der Waals surface area contributed by atoms with E-state index in [1.807, 2.05) is 0 Å². The summed E-state index contributed by atoms with van der Waals surface area (Å²) in [6, 6.07) is 9.54. The van der Waals surface area contributed by atoms with E-state index >= 15 is 0 Å². The van der Waals surface area contributed by atoms with Crippen LogP contribution in [-0.2, 0) is 28.7 Å². The van der Waals surface area contributed by atoms with Crippen LogP contribution in [0.15, 0.2) is 47.0 Å². The fraction of sp³-hybridized carbons (Fsp3) is 0.250. The molecule has 30 heavy (non-hydrogen) atoms. The monoisotopic (exact) mass is 422 g/mol. The number of halogens is 3. The number of ether oxygens (including phenoxy) is 3. The van der Waals surface area contributed by atoms with Crippen LogP contribution in [0.4, 0.5) is 13.2 Å². The highest BCUT2D eigenvalue weighted by molar-refractivity contribution is 5.73. The smallest absolute Gasteiger partial charge is 0.416 e. The molecular weight excluding hydrogens is 405 g/mol. The summed E-state index contributed by atoms with van der Waals surface area (Å²) in [5.41, 5.74) is -0.0444. The molecule has 0 atom stereocenters. The average molecular weight is 422 g/mol. The summed E-state index contributed by atoms with van der Waals surface area (Å²) in [6.45, 7) is -0.307. The molecule has 0 unspecified atom stereocenters. The van der Waals surface area contributed by atoms with E-state index in [1.54, 1.807) is 18.2 Å². The van der Waals surface area contributed by atoms with E-state index in [2.05, 4.69) is 10.1 Å². The summed E-state index contributed by atoms with van der Waals surface area (Å²) < 4.78 is 58.9. The highest BCUT2D eigenvalue weighted by atomic mass is 19.4. The van der Waals surface area contributed by atoms with Gasteiger partial charge in [0.05, 0.1) is 26.2 Å². The second kappa shape index (κ2) is 8.85. The van der Waals surface area contributed by atoms with Gasteiger partial charge in [0.1, 0.15) is 0 Å². The third kappa shape index (κ3) is 5.07. The molecule has 1 heterocycles. The van der Waals surface area contributed by atoms with Crippen LogP contribution in [0.25, 0.3) is 11.4 Å². The first kappa shape index (κ1) is 21.2. The lowest BCUT2D eigenvalue weighted by molar-refractivity contribution is -0.145. The number of alkyl halides is 3. The minimum absolute atomic E-state index is 0.0328. The van der Waals surface area contributed by atoms with Crippen molar-refractivity contribution in [2.24, 2.45) is 0 Å². The number of esters is 1. The molecule has 0 aliphatic heterocycles. The van der Waals surface area contributed by atoms with E-state index in [9.17, 15) is 18.0 Å². The van der Waals surface area contributed by atoms with Gasteiger partial charge in [-0.05, 0) is 29.8 Å². The van der Waals surface area contributed by atoms with Crippen molar-refractivity contribution in [1.29, 1.82) is 0 Å². The molecule has 0 saturated heterocycles. The first-order chi connectivity index (χ1) is 14.3. The van der Waals surface area contributed by atoms with Crippen molar-refractivity contribution in [3.05, 3.63) is 59.5 Å². The summed E-state index contributed by atoms with van der Waals surface area (Å²) in [6.07, 6.45) is -4.52. The van der Waals surface area contributed by atoms with Gasteiger partial charge < -0.3 is 18.7 Å². The minimum atomic E-state index is -4.48. The van der Waals surface area contributed by atoms with Crippen LogP contribution < -0.4 is 9.47 Å². The Hall–Kier alpha value is -3.56. The lowest BCUT2D eigenvalue weighted by atomic mass is 10.1. The SMILES string of the molecule is COc1ccc(CC(=O)OCc2nc(-c3cccc(C(F)(F)F)c3)no2)cc1OC. The molecule has 10 heteroatoms.